The molecular formula is C23H20N8O2. The lowest BCUT2D eigenvalue weighted by atomic mass is 10.1. The van der Waals surface area contributed by atoms with Crippen molar-refractivity contribution in [3.63, 3.8) is 0 Å². The average Bonchev–Trinajstić information content (AvgIpc) is 3.47. The highest BCUT2D eigenvalue weighted by atomic mass is 16.2. The second kappa shape index (κ2) is 8.50. The molecule has 0 saturated carbocycles. The number of hydrogen-bond donors (Lipinski definition) is 2. The number of carbonyl (C=O) groups is 2. The van der Waals surface area contributed by atoms with Gasteiger partial charge >= 0.3 is 0 Å². The first-order valence-electron chi connectivity index (χ1n) is 10.3. The summed E-state index contributed by atoms with van der Waals surface area (Å²) in [5, 5.41) is 5.81. The SMILES string of the molecule is CC(NC(=O)c1cn2cccnc2n1)c1ccc(CNC(=O)c2cn3cccnc3n2)cc1. The van der Waals surface area contributed by atoms with E-state index in [0.29, 0.717) is 29.5 Å². The van der Waals surface area contributed by atoms with E-state index in [-0.39, 0.29) is 17.9 Å². The van der Waals surface area contributed by atoms with Gasteiger partial charge in [0.25, 0.3) is 11.8 Å². The number of carbonyl (C=O) groups excluding carboxylic acids is 2. The highest BCUT2D eigenvalue weighted by Gasteiger charge is 2.15. The van der Waals surface area contributed by atoms with Crippen LogP contribution in [0.1, 0.15) is 45.1 Å². The van der Waals surface area contributed by atoms with Gasteiger partial charge in [-0.25, -0.2) is 19.9 Å². The maximum atomic E-state index is 12.6. The number of aromatic nitrogens is 6. The molecule has 10 heteroatoms. The Kier molecular flexibility index (Phi) is 5.23. The molecule has 0 fully saturated rings. The lowest BCUT2D eigenvalue weighted by Gasteiger charge is -2.14. The Morgan fingerprint density at radius 2 is 1.45 bits per heavy atom. The fraction of sp³-hybridized carbons (Fsp3) is 0.130. The summed E-state index contributed by atoms with van der Waals surface area (Å²) >= 11 is 0. The van der Waals surface area contributed by atoms with Gasteiger partial charge in [-0.1, -0.05) is 24.3 Å². The van der Waals surface area contributed by atoms with Crippen molar-refractivity contribution in [2.24, 2.45) is 0 Å². The van der Waals surface area contributed by atoms with Gasteiger partial charge in [-0.15, -0.1) is 0 Å². The maximum Gasteiger partial charge on any atom is 0.272 e. The standard InChI is InChI=1S/C23H20N8O2/c1-15(27-21(33)19-14-31-11-3-9-25-23(31)29-19)17-6-4-16(5-7-17)12-26-20(32)18-13-30-10-2-8-24-22(30)28-18/h2-11,13-15H,12H2,1H3,(H,26,32)(H,27,33). The van der Waals surface area contributed by atoms with Crippen molar-refractivity contribution in [3.05, 3.63) is 96.1 Å². The van der Waals surface area contributed by atoms with Crippen LogP contribution in [0.4, 0.5) is 0 Å². The quantitative estimate of drug-likeness (QED) is 0.418. The Labute approximate surface area is 188 Å². The zero-order chi connectivity index (χ0) is 22.8. The third kappa shape index (κ3) is 4.26. The van der Waals surface area contributed by atoms with Crippen LogP contribution >= 0.6 is 0 Å². The first kappa shape index (κ1) is 20.3. The summed E-state index contributed by atoms with van der Waals surface area (Å²) in [6, 6.07) is 11.0. The lowest BCUT2D eigenvalue weighted by molar-refractivity contribution is 0.0931. The van der Waals surface area contributed by atoms with Crippen LogP contribution in [-0.2, 0) is 6.54 Å². The molecule has 5 aromatic rings. The van der Waals surface area contributed by atoms with E-state index in [1.54, 1.807) is 58.1 Å². The molecule has 1 unspecified atom stereocenters. The van der Waals surface area contributed by atoms with Crippen molar-refractivity contribution in [2.75, 3.05) is 0 Å². The van der Waals surface area contributed by atoms with Crippen molar-refractivity contribution in [1.82, 2.24) is 39.4 Å². The molecule has 1 atom stereocenters. The second-order valence-electron chi connectivity index (χ2n) is 7.53. The predicted octanol–water partition coefficient (Wildman–Crippen LogP) is 2.19. The molecule has 0 bridgehead atoms. The molecule has 1 aromatic carbocycles. The van der Waals surface area contributed by atoms with E-state index in [4.69, 9.17) is 0 Å². The van der Waals surface area contributed by atoms with Crippen molar-refractivity contribution in [1.29, 1.82) is 0 Å². The van der Waals surface area contributed by atoms with Crippen LogP contribution in [0.25, 0.3) is 11.6 Å². The minimum atomic E-state index is -0.272. The summed E-state index contributed by atoms with van der Waals surface area (Å²) in [5.41, 5.74) is 2.48. The van der Waals surface area contributed by atoms with Gasteiger partial charge in [-0.3, -0.25) is 18.4 Å². The molecule has 2 N–H and O–H groups in total. The average molecular weight is 440 g/mol. The molecule has 164 valence electrons. The number of fused-ring (bicyclic) bond motifs is 2. The third-order valence-corrected chi connectivity index (χ3v) is 5.22. The molecule has 0 aliphatic rings. The fourth-order valence-corrected chi connectivity index (χ4v) is 3.43. The number of hydrogen-bond acceptors (Lipinski definition) is 6. The Hall–Kier alpha value is -4.60. The molecule has 0 radical (unpaired) electrons. The van der Waals surface area contributed by atoms with Gasteiger partial charge in [0.05, 0.1) is 6.04 Å². The van der Waals surface area contributed by atoms with Crippen molar-refractivity contribution in [2.45, 2.75) is 19.5 Å². The minimum Gasteiger partial charge on any atom is -0.347 e. The summed E-state index contributed by atoms with van der Waals surface area (Å²) in [7, 11) is 0. The van der Waals surface area contributed by atoms with Crippen LogP contribution in [-0.4, -0.2) is 40.6 Å². The highest BCUT2D eigenvalue weighted by molar-refractivity contribution is 5.93. The van der Waals surface area contributed by atoms with E-state index in [2.05, 4.69) is 30.6 Å². The Balaban J connectivity index is 1.18. The molecule has 10 nitrogen and oxygen atoms in total. The summed E-state index contributed by atoms with van der Waals surface area (Å²) in [6.07, 6.45) is 10.1. The van der Waals surface area contributed by atoms with E-state index in [9.17, 15) is 9.59 Å². The van der Waals surface area contributed by atoms with Gasteiger partial charge in [0.2, 0.25) is 11.6 Å². The Morgan fingerprint density at radius 1 is 0.879 bits per heavy atom. The highest BCUT2D eigenvalue weighted by Crippen LogP contribution is 2.15. The number of imidazole rings is 2. The first-order chi connectivity index (χ1) is 16.1. The summed E-state index contributed by atoms with van der Waals surface area (Å²) < 4.78 is 3.40. The van der Waals surface area contributed by atoms with E-state index in [0.717, 1.165) is 11.1 Å². The molecule has 33 heavy (non-hydrogen) atoms. The van der Waals surface area contributed by atoms with Gasteiger partial charge in [-0.2, -0.15) is 0 Å². The molecule has 0 aliphatic heterocycles. The first-order valence-corrected chi connectivity index (χ1v) is 10.3. The monoisotopic (exact) mass is 440 g/mol. The summed E-state index contributed by atoms with van der Waals surface area (Å²) in [4.78, 5) is 41.7. The third-order valence-electron chi connectivity index (χ3n) is 5.22. The van der Waals surface area contributed by atoms with Gasteiger partial charge in [-0.05, 0) is 30.2 Å². The largest absolute Gasteiger partial charge is 0.347 e. The van der Waals surface area contributed by atoms with Crippen LogP contribution in [0.3, 0.4) is 0 Å². The fourth-order valence-electron chi connectivity index (χ4n) is 3.43. The lowest BCUT2D eigenvalue weighted by Crippen LogP contribution is -2.27. The smallest absolute Gasteiger partial charge is 0.272 e. The second-order valence-corrected chi connectivity index (χ2v) is 7.53. The van der Waals surface area contributed by atoms with Gasteiger partial charge in [0.1, 0.15) is 11.4 Å². The molecule has 0 aliphatic carbocycles. The molecule has 4 heterocycles. The van der Waals surface area contributed by atoms with E-state index >= 15 is 0 Å². The molecule has 5 rings (SSSR count). The van der Waals surface area contributed by atoms with Crippen LogP contribution in [0.5, 0.6) is 0 Å². The number of rotatable bonds is 6. The van der Waals surface area contributed by atoms with Crippen molar-refractivity contribution >= 4 is 23.4 Å². The number of amides is 2. The topological polar surface area (TPSA) is 119 Å². The van der Waals surface area contributed by atoms with E-state index in [1.165, 1.54) is 0 Å². The zero-order valence-corrected chi connectivity index (χ0v) is 17.7. The Bertz CT molecular complexity index is 1390. The van der Waals surface area contributed by atoms with Crippen molar-refractivity contribution in [3.8, 4) is 0 Å². The molecule has 2 amide bonds. The normalized spacial score (nSPS) is 12.0. The van der Waals surface area contributed by atoms with Crippen molar-refractivity contribution < 1.29 is 9.59 Å². The van der Waals surface area contributed by atoms with Crippen LogP contribution in [0.15, 0.2) is 73.6 Å². The Morgan fingerprint density at radius 3 is 2.03 bits per heavy atom. The molecule has 0 spiro atoms. The summed E-state index contributed by atoms with van der Waals surface area (Å²) in [6.45, 7) is 2.26. The number of benzene rings is 1. The van der Waals surface area contributed by atoms with E-state index < -0.39 is 0 Å². The number of nitrogens with one attached hydrogen (secondary N) is 2. The van der Waals surface area contributed by atoms with Gasteiger partial charge < -0.3 is 10.6 Å². The van der Waals surface area contributed by atoms with Gasteiger partial charge in [0.15, 0.2) is 0 Å². The maximum absolute atomic E-state index is 12.6. The molecular weight excluding hydrogens is 420 g/mol. The zero-order valence-electron chi connectivity index (χ0n) is 17.7. The minimum absolute atomic E-state index is 0.218. The van der Waals surface area contributed by atoms with Gasteiger partial charge in [0, 0.05) is 43.7 Å². The van der Waals surface area contributed by atoms with Crippen LogP contribution in [0.2, 0.25) is 0 Å². The predicted molar refractivity (Wildman–Crippen MR) is 119 cm³/mol. The molecule has 0 saturated heterocycles. The van der Waals surface area contributed by atoms with Crippen LogP contribution < -0.4 is 10.6 Å². The molecule has 4 aromatic heterocycles. The van der Waals surface area contributed by atoms with Crippen LogP contribution in [0, 0.1) is 0 Å². The summed E-state index contributed by atoms with van der Waals surface area (Å²) in [5.74, 6) is 0.406. The number of nitrogens with zero attached hydrogens (tertiary/aromatic N) is 6. The van der Waals surface area contributed by atoms with E-state index in [1.807, 2.05) is 31.2 Å².